The van der Waals surface area contributed by atoms with E-state index in [2.05, 4.69) is 5.16 Å². The Morgan fingerprint density at radius 2 is 2.25 bits per heavy atom. The van der Waals surface area contributed by atoms with E-state index in [1.165, 1.54) is 12.1 Å². The Balaban J connectivity index is 3.18. The number of aryl methyl sites for hydroxylation is 1. The highest BCUT2D eigenvalue weighted by Gasteiger charge is 2.05. The van der Waals surface area contributed by atoms with E-state index in [1.807, 2.05) is 0 Å². The summed E-state index contributed by atoms with van der Waals surface area (Å²) >= 11 is 0. The highest BCUT2D eigenvalue weighted by atomic mass is 19.1. The highest BCUT2D eigenvalue weighted by molar-refractivity contribution is 5.97. The van der Waals surface area contributed by atoms with Crippen LogP contribution in [0.4, 0.5) is 4.39 Å². The molecule has 1 rings (SSSR count). The lowest BCUT2D eigenvalue weighted by molar-refractivity contribution is 0.318. The van der Waals surface area contributed by atoms with Crippen LogP contribution in [0.25, 0.3) is 0 Å². The summed E-state index contributed by atoms with van der Waals surface area (Å²) in [5.41, 5.74) is 6.11. The van der Waals surface area contributed by atoms with Crippen molar-refractivity contribution in [1.29, 1.82) is 0 Å². The van der Waals surface area contributed by atoms with Gasteiger partial charge in [0.1, 0.15) is 5.82 Å². The Bertz CT molecular complexity index is 323. The average molecular weight is 168 g/mol. The molecule has 0 amide bonds. The lowest BCUT2D eigenvalue weighted by Crippen LogP contribution is -2.14. The van der Waals surface area contributed by atoms with Crippen LogP contribution in [0, 0.1) is 12.7 Å². The maximum atomic E-state index is 13.0. The van der Waals surface area contributed by atoms with Gasteiger partial charge in [-0.1, -0.05) is 11.2 Å². The smallest absolute Gasteiger partial charge is 0.173 e. The van der Waals surface area contributed by atoms with E-state index >= 15 is 0 Å². The zero-order valence-corrected chi connectivity index (χ0v) is 6.58. The maximum Gasteiger partial charge on any atom is 0.173 e. The first-order valence-corrected chi connectivity index (χ1v) is 3.39. The monoisotopic (exact) mass is 168 g/mol. The zero-order chi connectivity index (χ0) is 9.14. The third-order valence-electron chi connectivity index (χ3n) is 1.51. The van der Waals surface area contributed by atoms with Gasteiger partial charge in [0.05, 0.1) is 5.56 Å². The molecule has 0 saturated carbocycles. The van der Waals surface area contributed by atoms with Crippen LogP contribution in [0.5, 0.6) is 0 Å². The zero-order valence-electron chi connectivity index (χ0n) is 6.58. The first kappa shape index (κ1) is 8.52. The van der Waals surface area contributed by atoms with E-state index in [4.69, 9.17) is 10.9 Å². The molecule has 0 unspecified atom stereocenters. The molecule has 0 bridgehead atoms. The highest BCUT2D eigenvalue weighted by Crippen LogP contribution is 2.08. The number of amidine groups is 1. The standard InChI is InChI=1S/C8H9FN2O/c1-5-2-3-6(7(9)4-5)8(10)11-12/h2-4,12H,1H3,(H2,10,11). The van der Waals surface area contributed by atoms with Crippen molar-refractivity contribution in [3.63, 3.8) is 0 Å². The van der Waals surface area contributed by atoms with Gasteiger partial charge in [0, 0.05) is 0 Å². The second-order valence-corrected chi connectivity index (χ2v) is 2.47. The van der Waals surface area contributed by atoms with Gasteiger partial charge < -0.3 is 10.9 Å². The Hall–Kier alpha value is -1.58. The molecule has 12 heavy (non-hydrogen) atoms. The molecule has 0 fully saturated rings. The first-order chi connectivity index (χ1) is 5.65. The topological polar surface area (TPSA) is 58.6 Å². The molecule has 0 aromatic heterocycles. The van der Waals surface area contributed by atoms with E-state index in [0.29, 0.717) is 0 Å². The summed E-state index contributed by atoms with van der Waals surface area (Å²) < 4.78 is 13.0. The number of nitrogens with zero attached hydrogens (tertiary/aromatic N) is 1. The third-order valence-corrected chi connectivity index (χ3v) is 1.51. The summed E-state index contributed by atoms with van der Waals surface area (Å²) in [4.78, 5) is 0. The minimum Gasteiger partial charge on any atom is -0.409 e. The van der Waals surface area contributed by atoms with Crippen molar-refractivity contribution >= 4 is 5.84 Å². The van der Waals surface area contributed by atoms with Gasteiger partial charge in [0.15, 0.2) is 5.84 Å². The fourth-order valence-electron chi connectivity index (χ4n) is 0.882. The summed E-state index contributed by atoms with van der Waals surface area (Å²) in [7, 11) is 0. The normalized spacial score (nSPS) is 11.7. The predicted octanol–water partition coefficient (Wildman–Crippen LogP) is 1.23. The molecule has 0 spiro atoms. The fourth-order valence-corrected chi connectivity index (χ4v) is 0.882. The number of benzene rings is 1. The van der Waals surface area contributed by atoms with E-state index < -0.39 is 5.82 Å². The van der Waals surface area contributed by atoms with Crippen molar-refractivity contribution < 1.29 is 9.60 Å². The van der Waals surface area contributed by atoms with Gasteiger partial charge in [0.2, 0.25) is 0 Å². The van der Waals surface area contributed by atoms with Crippen molar-refractivity contribution in [1.82, 2.24) is 0 Å². The van der Waals surface area contributed by atoms with Gasteiger partial charge in [-0.3, -0.25) is 0 Å². The maximum absolute atomic E-state index is 13.0. The minimum atomic E-state index is -0.481. The summed E-state index contributed by atoms with van der Waals surface area (Å²) in [5, 5.41) is 11.0. The Morgan fingerprint density at radius 1 is 1.58 bits per heavy atom. The molecule has 4 heteroatoms. The van der Waals surface area contributed by atoms with Crippen LogP contribution in [-0.4, -0.2) is 11.0 Å². The van der Waals surface area contributed by atoms with Gasteiger partial charge >= 0.3 is 0 Å². The van der Waals surface area contributed by atoms with E-state index in [0.717, 1.165) is 5.56 Å². The molecule has 3 N–H and O–H groups in total. The molecule has 0 radical (unpaired) electrons. The molecule has 0 aliphatic carbocycles. The van der Waals surface area contributed by atoms with Crippen LogP contribution in [0.15, 0.2) is 23.4 Å². The van der Waals surface area contributed by atoms with E-state index in [1.54, 1.807) is 13.0 Å². The SMILES string of the molecule is Cc1ccc(/C(N)=N\O)c(F)c1. The van der Waals surface area contributed by atoms with Crippen LogP contribution < -0.4 is 5.73 Å². The molecule has 1 aromatic carbocycles. The van der Waals surface area contributed by atoms with Crippen LogP contribution in [0.1, 0.15) is 11.1 Å². The van der Waals surface area contributed by atoms with Crippen molar-refractivity contribution in [2.45, 2.75) is 6.92 Å². The fraction of sp³-hybridized carbons (Fsp3) is 0.125. The molecule has 0 atom stereocenters. The van der Waals surface area contributed by atoms with Crippen LogP contribution in [-0.2, 0) is 0 Å². The summed E-state index contributed by atoms with van der Waals surface area (Å²) in [5.74, 6) is -0.696. The third kappa shape index (κ3) is 1.53. The second-order valence-electron chi connectivity index (χ2n) is 2.47. The Labute approximate surface area is 69.3 Å². The van der Waals surface area contributed by atoms with Crippen LogP contribution >= 0.6 is 0 Å². The largest absolute Gasteiger partial charge is 0.409 e. The molecule has 1 aromatic rings. The lowest BCUT2D eigenvalue weighted by Gasteiger charge is -2.00. The van der Waals surface area contributed by atoms with Crippen molar-refractivity contribution in [2.75, 3.05) is 0 Å². The molecule has 0 heterocycles. The molecule has 0 aliphatic rings. The lowest BCUT2D eigenvalue weighted by atomic mass is 10.1. The molecule has 64 valence electrons. The predicted molar refractivity (Wildman–Crippen MR) is 43.6 cm³/mol. The summed E-state index contributed by atoms with van der Waals surface area (Å²) in [6, 6.07) is 4.49. The molecule has 0 aliphatic heterocycles. The number of rotatable bonds is 1. The second kappa shape index (κ2) is 3.21. The Morgan fingerprint density at radius 3 is 2.75 bits per heavy atom. The molecule has 3 nitrogen and oxygen atoms in total. The molecule has 0 saturated heterocycles. The van der Waals surface area contributed by atoms with Crippen molar-refractivity contribution in [2.24, 2.45) is 10.9 Å². The molecular formula is C8H9FN2O. The van der Waals surface area contributed by atoms with Crippen LogP contribution in [0.3, 0.4) is 0 Å². The van der Waals surface area contributed by atoms with Gasteiger partial charge in [-0.15, -0.1) is 0 Å². The minimum absolute atomic E-state index is 0.114. The van der Waals surface area contributed by atoms with Gasteiger partial charge in [-0.05, 0) is 24.6 Å². The first-order valence-electron chi connectivity index (χ1n) is 3.39. The van der Waals surface area contributed by atoms with Crippen molar-refractivity contribution in [3.05, 3.63) is 35.1 Å². The van der Waals surface area contributed by atoms with Crippen molar-refractivity contribution in [3.8, 4) is 0 Å². The van der Waals surface area contributed by atoms with E-state index in [9.17, 15) is 4.39 Å². The number of halogens is 1. The summed E-state index contributed by atoms with van der Waals surface area (Å²) in [6.07, 6.45) is 0. The van der Waals surface area contributed by atoms with Gasteiger partial charge in [0.25, 0.3) is 0 Å². The molecular weight excluding hydrogens is 159 g/mol. The number of hydrogen-bond donors (Lipinski definition) is 2. The van der Waals surface area contributed by atoms with Crippen LogP contribution in [0.2, 0.25) is 0 Å². The summed E-state index contributed by atoms with van der Waals surface area (Å²) in [6.45, 7) is 1.76. The Kier molecular flexibility index (Phi) is 2.28. The van der Waals surface area contributed by atoms with Gasteiger partial charge in [-0.25, -0.2) is 4.39 Å². The average Bonchev–Trinajstić information content (AvgIpc) is 2.03. The number of hydrogen-bond acceptors (Lipinski definition) is 2. The van der Waals surface area contributed by atoms with Gasteiger partial charge in [-0.2, -0.15) is 0 Å². The number of oxime groups is 1. The van der Waals surface area contributed by atoms with E-state index in [-0.39, 0.29) is 11.4 Å². The quantitative estimate of drug-likeness (QED) is 0.287. The number of nitrogens with two attached hydrogens (primary N) is 1.